The van der Waals surface area contributed by atoms with Crippen molar-refractivity contribution in [2.24, 2.45) is 7.05 Å². The van der Waals surface area contributed by atoms with Crippen LogP contribution in [0.2, 0.25) is 0 Å². The van der Waals surface area contributed by atoms with Crippen LogP contribution in [0.15, 0.2) is 41.4 Å². The summed E-state index contributed by atoms with van der Waals surface area (Å²) in [6.07, 6.45) is 3.52. The van der Waals surface area contributed by atoms with Crippen molar-refractivity contribution in [1.82, 2.24) is 8.87 Å². The first-order valence-electron chi connectivity index (χ1n) is 9.19. The van der Waals surface area contributed by atoms with E-state index in [1.807, 2.05) is 0 Å². The van der Waals surface area contributed by atoms with Gasteiger partial charge < -0.3 is 15.2 Å². The van der Waals surface area contributed by atoms with Crippen LogP contribution < -0.4 is 10.6 Å². The molecule has 150 valence electrons. The van der Waals surface area contributed by atoms with Crippen molar-refractivity contribution in [3.05, 3.63) is 42.2 Å². The van der Waals surface area contributed by atoms with E-state index in [-0.39, 0.29) is 16.5 Å². The maximum Gasteiger partial charge on any atom is 0.272 e. The van der Waals surface area contributed by atoms with Crippen LogP contribution in [0.5, 0.6) is 0 Å². The molecule has 0 bridgehead atoms. The highest BCUT2D eigenvalue weighted by Crippen LogP contribution is 2.23. The van der Waals surface area contributed by atoms with Gasteiger partial charge in [-0.15, -0.1) is 0 Å². The van der Waals surface area contributed by atoms with Crippen LogP contribution in [0, 0.1) is 0 Å². The van der Waals surface area contributed by atoms with Crippen LogP contribution in [-0.2, 0) is 21.9 Å². The molecule has 28 heavy (non-hydrogen) atoms. The Labute approximate surface area is 164 Å². The van der Waals surface area contributed by atoms with Crippen LogP contribution in [0.25, 0.3) is 0 Å². The first kappa shape index (κ1) is 20.1. The molecule has 1 aliphatic rings. The van der Waals surface area contributed by atoms with E-state index in [1.54, 1.807) is 38.2 Å². The predicted octanol–water partition coefficient (Wildman–Crippen LogP) is 2.41. The number of aromatic nitrogens is 1. The zero-order valence-electron chi connectivity index (χ0n) is 15.9. The van der Waals surface area contributed by atoms with Gasteiger partial charge in [-0.2, -0.15) is 4.31 Å². The summed E-state index contributed by atoms with van der Waals surface area (Å²) in [7, 11) is -1.95. The van der Waals surface area contributed by atoms with Gasteiger partial charge in [-0.3, -0.25) is 9.59 Å². The van der Waals surface area contributed by atoms with Crippen molar-refractivity contribution in [1.29, 1.82) is 0 Å². The fourth-order valence-corrected chi connectivity index (χ4v) is 4.69. The van der Waals surface area contributed by atoms with E-state index in [9.17, 15) is 18.0 Å². The van der Waals surface area contributed by atoms with E-state index in [0.29, 0.717) is 30.9 Å². The molecule has 1 aromatic heterocycles. The van der Waals surface area contributed by atoms with Gasteiger partial charge in [-0.25, -0.2) is 8.42 Å². The molecule has 2 amide bonds. The fraction of sp³-hybridized carbons (Fsp3) is 0.368. The van der Waals surface area contributed by atoms with Crippen molar-refractivity contribution in [3.8, 4) is 0 Å². The van der Waals surface area contributed by atoms with Crippen LogP contribution in [-0.4, -0.2) is 42.2 Å². The Morgan fingerprint density at radius 3 is 2.36 bits per heavy atom. The summed E-state index contributed by atoms with van der Waals surface area (Å²) >= 11 is 0. The zero-order valence-corrected chi connectivity index (χ0v) is 16.8. The lowest BCUT2D eigenvalue weighted by Crippen LogP contribution is -2.27. The van der Waals surface area contributed by atoms with E-state index >= 15 is 0 Å². The minimum atomic E-state index is -3.58. The van der Waals surface area contributed by atoms with Gasteiger partial charge in [0, 0.05) is 44.1 Å². The lowest BCUT2D eigenvalue weighted by atomic mass is 10.2. The van der Waals surface area contributed by atoms with Gasteiger partial charge in [0.1, 0.15) is 10.6 Å². The van der Waals surface area contributed by atoms with Crippen molar-refractivity contribution in [2.45, 2.75) is 31.1 Å². The van der Waals surface area contributed by atoms with Gasteiger partial charge in [0.25, 0.3) is 5.91 Å². The number of anilines is 2. The first-order chi connectivity index (χ1) is 13.3. The van der Waals surface area contributed by atoms with Crippen LogP contribution in [0.3, 0.4) is 0 Å². The lowest BCUT2D eigenvalue weighted by Gasteiger charge is -2.13. The number of benzene rings is 1. The van der Waals surface area contributed by atoms with Crippen molar-refractivity contribution in [3.63, 3.8) is 0 Å². The highest BCUT2D eigenvalue weighted by molar-refractivity contribution is 7.89. The zero-order chi connectivity index (χ0) is 20.3. The minimum absolute atomic E-state index is 0.117. The van der Waals surface area contributed by atoms with E-state index in [0.717, 1.165) is 12.8 Å². The number of rotatable bonds is 6. The quantitative estimate of drug-likeness (QED) is 0.772. The molecule has 1 saturated heterocycles. The lowest BCUT2D eigenvalue weighted by molar-refractivity contribution is -0.115. The molecule has 2 N–H and O–H groups in total. The van der Waals surface area contributed by atoms with Crippen LogP contribution in [0.4, 0.5) is 11.4 Å². The molecular weight excluding hydrogens is 380 g/mol. The van der Waals surface area contributed by atoms with E-state index < -0.39 is 15.9 Å². The monoisotopic (exact) mass is 404 g/mol. The Morgan fingerprint density at radius 1 is 1.07 bits per heavy atom. The number of carbonyl (C=O) groups is 2. The molecule has 0 radical (unpaired) electrons. The third kappa shape index (κ3) is 4.26. The van der Waals surface area contributed by atoms with Crippen LogP contribution in [0.1, 0.15) is 36.7 Å². The Bertz CT molecular complexity index is 991. The Hall–Kier alpha value is -2.65. The number of sulfonamides is 1. The largest absolute Gasteiger partial charge is 0.345 e. The second kappa shape index (κ2) is 8.15. The molecule has 8 nitrogen and oxygen atoms in total. The second-order valence-corrected chi connectivity index (χ2v) is 8.66. The fourth-order valence-electron chi connectivity index (χ4n) is 3.10. The van der Waals surface area contributed by atoms with E-state index in [1.165, 1.54) is 21.1 Å². The summed E-state index contributed by atoms with van der Waals surface area (Å²) in [6, 6.07) is 8.19. The maximum atomic E-state index is 12.7. The number of carbonyl (C=O) groups excluding carboxylic acids is 2. The molecular formula is C19H24N4O4S. The normalized spacial score (nSPS) is 14.8. The standard InChI is InChI=1S/C19H24N4O4S/c1-3-18(24)20-14-7-6-8-15(11-14)21-19(25)17-12-16(13-22(17)2)28(26,27)23-9-4-5-10-23/h6-8,11-13H,3-5,9-10H2,1-2H3,(H,20,24)(H,21,25). The van der Waals surface area contributed by atoms with Gasteiger partial charge in [-0.05, 0) is 37.1 Å². The van der Waals surface area contributed by atoms with Gasteiger partial charge >= 0.3 is 0 Å². The molecule has 1 aliphatic heterocycles. The van der Waals surface area contributed by atoms with Gasteiger partial charge in [0.15, 0.2) is 0 Å². The van der Waals surface area contributed by atoms with Crippen LogP contribution >= 0.6 is 0 Å². The number of aryl methyl sites for hydroxylation is 1. The molecule has 0 unspecified atom stereocenters. The predicted molar refractivity (Wildman–Crippen MR) is 107 cm³/mol. The highest BCUT2D eigenvalue weighted by Gasteiger charge is 2.29. The molecule has 3 rings (SSSR count). The molecule has 0 aliphatic carbocycles. The average Bonchev–Trinajstić information content (AvgIpc) is 3.32. The number of amides is 2. The molecule has 2 aromatic rings. The molecule has 9 heteroatoms. The van der Waals surface area contributed by atoms with Gasteiger partial charge in [-0.1, -0.05) is 13.0 Å². The molecule has 0 atom stereocenters. The van der Waals surface area contributed by atoms with E-state index in [2.05, 4.69) is 10.6 Å². The van der Waals surface area contributed by atoms with Gasteiger partial charge in [0.05, 0.1) is 0 Å². The maximum absolute atomic E-state index is 12.7. The smallest absolute Gasteiger partial charge is 0.272 e. The molecule has 0 spiro atoms. The number of nitrogens with one attached hydrogen (secondary N) is 2. The Morgan fingerprint density at radius 2 is 1.71 bits per heavy atom. The van der Waals surface area contributed by atoms with Crippen molar-refractivity contribution in [2.75, 3.05) is 23.7 Å². The first-order valence-corrected chi connectivity index (χ1v) is 10.6. The minimum Gasteiger partial charge on any atom is -0.345 e. The Balaban J connectivity index is 1.78. The molecule has 0 saturated carbocycles. The summed E-state index contributed by atoms with van der Waals surface area (Å²) in [5.74, 6) is -0.549. The number of nitrogens with zero attached hydrogens (tertiary/aromatic N) is 2. The average molecular weight is 404 g/mol. The van der Waals surface area contributed by atoms with E-state index in [4.69, 9.17) is 0 Å². The topological polar surface area (TPSA) is 101 Å². The summed E-state index contributed by atoms with van der Waals surface area (Å²) in [5.41, 5.74) is 1.32. The SMILES string of the molecule is CCC(=O)Nc1cccc(NC(=O)c2cc(S(=O)(=O)N3CCCC3)cn2C)c1. The van der Waals surface area contributed by atoms with Crippen molar-refractivity contribution >= 4 is 33.2 Å². The van der Waals surface area contributed by atoms with Crippen molar-refractivity contribution < 1.29 is 18.0 Å². The highest BCUT2D eigenvalue weighted by atomic mass is 32.2. The molecule has 1 aromatic carbocycles. The molecule has 1 fully saturated rings. The second-order valence-electron chi connectivity index (χ2n) is 6.72. The third-order valence-electron chi connectivity index (χ3n) is 4.64. The third-order valence-corrected chi connectivity index (χ3v) is 6.50. The summed E-state index contributed by atoms with van der Waals surface area (Å²) in [6.45, 7) is 2.77. The summed E-state index contributed by atoms with van der Waals surface area (Å²) in [5, 5.41) is 5.48. The Kier molecular flexibility index (Phi) is 5.85. The number of hydrogen-bond donors (Lipinski definition) is 2. The summed E-state index contributed by atoms with van der Waals surface area (Å²) in [4.78, 5) is 24.3. The number of hydrogen-bond acceptors (Lipinski definition) is 4. The molecule has 2 heterocycles. The summed E-state index contributed by atoms with van der Waals surface area (Å²) < 4.78 is 28.3. The van der Waals surface area contributed by atoms with Gasteiger partial charge in [0.2, 0.25) is 15.9 Å².